The quantitative estimate of drug-likeness (QED) is 0.325. The van der Waals surface area contributed by atoms with Crippen molar-refractivity contribution in [1.29, 1.82) is 0 Å². The Morgan fingerprint density at radius 1 is 0.973 bits per heavy atom. The predicted molar refractivity (Wildman–Crippen MR) is 148 cm³/mol. The smallest absolute Gasteiger partial charge is 0.261 e. The Labute approximate surface area is 228 Å². The van der Waals surface area contributed by atoms with Gasteiger partial charge in [-0.05, 0) is 66.8 Å². The molecule has 3 aromatic carbocycles. The molecule has 0 saturated heterocycles. The Hall–Kier alpha value is -3.02. The van der Waals surface area contributed by atoms with Crippen molar-refractivity contribution < 1.29 is 14.3 Å². The molecular weight excluding hydrogens is 507 g/mol. The molecule has 0 radical (unpaired) electrons. The zero-order chi connectivity index (χ0) is 26.2. The summed E-state index contributed by atoms with van der Waals surface area (Å²) in [6, 6.07) is 21.8. The first-order valence-electron chi connectivity index (χ1n) is 12.7. The molecule has 0 bridgehead atoms. The minimum absolute atomic E-state index is 0.141. The van der Waals surface area contributed by atoms with Gasteiger partial charge in [0.05, 0.1) is 0 Å². The van der Waals surface area contributed by atoms with Crippen molar-refractivity contribution in [2.24, 2.45) is 0 Å². The average Bonchev–Trinajstić information content (AvgIpc) is 3.40. The van der Waals surface area contributed by atoms with E-state index in [0.29, 0.717) is 22.2 Å². The van der Waals surface area contributed by atoms with Crippen molar-refractivity contribution in [3.05, 3.63) is 99.5 Å². The van der Waals surface area contributed by atoms with Crippen LogP contribution in [0.4, 0.5) is 0 Å². The summed E-state index contributed by atoms with van der Waals surface area (Å²) in [6.45, 7) is 1.91. The number of nitrogens with one attached hydrogen (secondary N) is 1. The fourth-order valence-electron chi connectivity index (χ4n) is 4.69. The van der Waals surface area contributed by atoms with Crippen LogP contribution in [0.25, 0.3) is 0 Å². The minimum atomic E-state index is -0.704. The Morgan fingerprint density at radius 3 is 2.41 bits per heavy atom. The van der Waals surface area contributed by atoms with E-state index in [1.807, 2.05) is 55.5 Å². The van der Waals surface area contributed by atoms with Crippen LogP contribution in [-0.2, 0) is 22.6 Å². The maximum Gasteiger partial charge on any atom is 0.261 e. The lowest BCUT2D eigenvalue weighted by atomic mass is 10.0. The molecule has 1 saturated carbocycles. The van der Waals surface area contributed by atoms with Crippen LogP contribution in [0.15, 0.2) is 72.8 Å². The van der Waals surface area contributed by atoms with E-state index in [4.69, 9.17) is 27.9 Å². The van der Waals surface area contributed by atoms with Gasteiger partial charge >= 0.3 is 0 Å². The fourth-order valence-corrected chi connectivity index (χ4v) is 5.02. The number of amides is 2. The first-order valence-corrected chi connectivity index (χ1v) is 13.4. The van der Waals surface area contributed by atoms with Gasteiger partial charge < -0.3 is 15.0 Å². The second-order valence-electron chi connectivity index (χ2n) is 9.55. The molecule has 1 N–H and O–H groups in total. The third-order valence-corrected chi connectivity index (χ3v) is 7.37. The zero-order valence-electron chi connectivity index (χ0n) is 21.0. The summed E-state index contributed by atoms with van der Waals surface area (Å²) in [6.07, 6.45) is 4.53. The maximum absolute atomic E-state index is 13.7. The van der Waals surface area contributed by atoms with Crippen LogP contribution in [0.1, 0.15) is 42.4 Å². The first kappa shape index (κ1) is 27.0. The number of carbonyl (C=O) groups is 2. The van der Waals surface area contributed by atoms with Crippen molar-refractivity contribution in [2.45, 2.75) is 57.7 Å². The highest BCUT2D eigenvalue weighted by Crippen LogP contribution is 2.23. The highest BCUT2D eigenvalue weighted by atomic mass is 35.5. The maximum atomic E-state index is 13.7. The van der Waals surface area contributed by atoms with Gasteiger partial charge in [0.2, 0.25) is 5.91 Å². The first-order chi connectivity index (χ1) is 17.9. The van der Waals surface area contributed by atoms with Crippen molar-refractivity contribution in [3.8, 4) is 5.75 Å². The van der Waals surface area contributed by atoms with Crippen LogP contribution in [0.3, 0.4) is 0 Å². The summed E-state index contributed by atoms with van der Waals surface area (Å²) in [7, 11) is 0. The predicted octanol–water partition coefficient (Wildman–Crippen LogP) is 6.38. The molecule has 1 aliphatic carbocycles. The summed E-state index contributed by atoms with van der Waals surface area (Å²) < 4.78 is 5.85. The molecule has 1 aliphatic rings. The summed E-state index contributed by atoms with van der Waals surface area (Å²) in [4.78, 5) is 29.0. The Bertz CT molecular complexity index is 1210. The number of nitrogens with zero attached hydrogens (tertiary/aromatic N) is 1. The van der Waals surface area contributed by atoms with Gasteiger partial charge in [0, 0.05) is 29.1 Å². The molecule has 0 heterocycles. The third kappa shape index (κ3) is 7.73. The van der Waals surface area contributed by atoms with E-state index < -0.39 is 6.04 Å². The molecule has 7 heteroatoms. The van der Waals surface area contributed by atoms with E-state index in [-0.39, 0.29) is 31.0 Å². The van der Waals surface area contributed by atoms with E-state index in [0.717, 1.165) is 42.4 Å². The van der Waals surface area contributed by atoms with Gasteiger partial charge in [0.25, 0.3) is 5.91 Å². The van der Waals surface area contributed by atoms with Gasteiger partial charge in [0.15, 0.2) is 6.61 Å². The monoisotopic (exact) mass is 538 g/mol. The summed E-state index contributed by atoms with van der Waals surface area (Å²) in [5, 5.41) is 4.41. The number of hydrogen-bond donors (Lipinski definition) is 1. The summed E-state index contributed by atoms with van der Waals surface area (Å²) in [5.74, 6) is 0.122. The van der Waals surface area contributed by atoms with Crippen LogP contribution >= 0.6 is 23.2 Å². The van der Waals surface area contributed by atoms with E-state index >= 15 is 0 Å². The van der Waals surface area contributed by atoms with E-state index in [2.05, 4.69) is 5.32 Å². The van der Waals surface area contributed by atoms with Gasteiger partial charge in [0.1, 0.15) is 11.8 Å². The molecule has 37 heavy (non-hydrogen) atoms. The SMILES string of the molecule is Cc1cc(OCC(=O)N(Cc2cccc(Cl)c2)[C@@H](Cc2ccccc2)C(=O)NC2CCCC2)ccc1Cl. The van der Waals surface area contributed by atoms with Crippen LogP contribution in [0.5, 0.6) is 5.75 Å². The zero-order valence-corrected chi connectivity index (χ0v) is 22.5. The van der Waals surface area contributed by atoms with Crippen molar-refractivity contribution in [2.75, 3.05) is 6.61 Å². The molecule has 0 aromatic heterocycles. The third-order valence-electron chi connectivity index (χ3n) is 6.71. The van der Waals surface area contributed by atoms with Gasteiger partial charge in [-0.1, -0.05) is 78.5 Å². The molecule has 5 nitrogen and oxygen atoms in total. The second-order valence-corrected chi connectivity index (χ2v) is 10.4. The normalized spacial score (nSPS) is 14.2. The van der Waals surface area contributed by atoms with Gasteiger partial charge in [-0.3, -0.25) is 9.59 Å². The Kier molecular flexibility index (Phi) is 9.48. The molecule has 1 atom stereocenters. The average molecular weight is 540 g/mol. The van der Waals surface area contributed by atoms with Crippen LogP contribution in [-0.4, -0.2) is 35.4 Å². The standard InChI is InChI=1S/C30H32Cl2N2O3/c1-21-16-26(14-15-27(21)32)37-20-29(35)34(19-23-10-7-11-24(31)17-23)28(18-22-8-3-2-4-9-22)30(36)33-25-12-5-6-13-25/h2-4,7-11,14-17,25,28H,5-6,12-13,18-20H2,1H3,(H,33,36)/t28-/m0/s1. The molecule has 3 aromatic rings. The largest absolute Gasteiger partial charge is 0.484 e. The van der Waals surface area contributed by atoms with E-state index in [9.17, 15) is 9.59 Å². The molecule has 194 valence electrons. The van der Waals surface area contributed by atoms with Crippen molar-refractivity contribution in [3.63, 3.8) is 0 Å². The molecule has 0 aliphatic heterocycles. The van der Waals surface area contributed by atoms with Gasteiger partial charge in [-0.15, -0.1) is 0 Å². The lowest BCUT2D eigenvalue weighted by Gasteiger charge is -2.32. The highest BCUT2D eigenvalue weighted by Gasteiger charge is 2.32. The van der Waals surface area contributed by atoms with Crippen molar-refractivity contribution >= 4 is 35.0 Å². The number of ether oxygens (including phenoxy) is 1. The number of benzene rings is 3. The summed E-state index contributed by atoms with van der Waals surface area (Å²) in [5.41, 5.74) is 2.68. The molecule has 0 spiro atoms. The number of hydrogen-bond acceptors (Lipinski definition) is 3. The lowest BCUT2D eigenvalue weighted by molar-refractivity contribution is -0.143. The highest BCUT2D eigenvalue weighted by molar-refractivity contribution is 6.31. The number of halogens is 2. The molecule has 2 amide bonds. The van der Waals surface area contributed by atoms with Gasteiger partial charge in [-0.2, -0.15) is 0 Å². The molecule has 1 fully saturated rings. The number of rotatable bonds is 10. The lowest BCUT2D eigenvalue weighted by Crippen LogP contribution is -2.53. The van der Waals surface area contributed by atoms with E-state index in [1.54, 1.807) is 29.2 Å². The van der Waals surface area contributed by atoms with E-state index in [1.165, 1.54) is 0 Å². The topological polar surface area (TPSA) is 58.6 Å². The molecular formula is C30H32Cl2N2O3. The van der Waals surface area contributed by atoms with Crippen molar-refractivity contribution in [1.82, 2.24) is 10.2 Å². The Balaban J connectivity index is 1.61. The summed E-state index contributed by atoms with van der Waals surface area (Å²) >= 11 is 12.4. The fraction of sp³-hybridized carbons (Fsp3) is 0.333. The number of aryl methyl sites for hydroxylation is 1. The minimum Gasteiger partial charge on any atom is -0.484 e. The molecule has 4 rings (SSSR count). The van der Waals surface area contributed by atoms with Crippen LogP contribution in [0, 0.1) is 6.92 Å². The van der Waals surface area contributed by atoms with Crippen LogP contribution < -0.4 is 10.1 Å². The Morgan fingerprint density at radius 2 is 1.70 bits per heavy atom. The number of carbonyl (C=O) groups excluding carboxylic acids is 2. The van der Waals surface area contributed by atoms with Crippen LogP contribution in [0.2, 0.25) is 10.0 Å². The molecule has 0 unspecified atom stereocenters. The second kappa shape index (κ2) is 13.0. The van der Waals surface area contributed by atoms with Gasteiger partial charge in [-0.25, -0.2) is 0 Å².